The van der Waals surface area contributed by atoms with Crippen LogP contribution < -0.4 is 10.6 Å². The van der Waals surface area contributed by atoms with Gasteiger partial charge in [-0.2, -0.15) is 0 Å². The molecule has 0 fully saturated rings. The predicted octanol–water partition coefficient (Wildman–Crippen LogP) is 3.29. The normalized spacial score (nSPS) is 10.1. The minimum absolute atomic E-state index is 0.413. The van der Waals surface area contributed by atoms with E-state index < -0.39 is 6.03 Å². The molecule has 0 aliphatic carbocycles. The van der Waals surface area contributed by atoms with E-state index in [1.807, 2.05) is 6.92 Å². The molecule has 1 rings (SSSR count). The van der Waals surface area contributed by atoms with Gasteiger partial charge in [0.2, 0.25) is 0 Å². The van der Waals surface area contributed by atoms with Gasteiger partial charge in [0, 0.05) is 12.2 Å². The summed E-state index contributed by atoms with van der Waals surface area (Å²) in [5.74, 6) is 0. The van der Waals surface area contributed by atoms with Gasteiger partial charge in [-0.1, -0.05) is 30.1 Å². The SMILES string of the molecule is CCCN(C(N)=O)c1ccc(Cl)c(Cl)c1. The molecule has 0 aromatic heterocycles. The molecule has 2 amide bonds. The maximum atomic E-state index is 11.2. The number of benzene rings is 1. The molecule has 0 unspecified atom stereocenters. The van der Waals surface area contributed by atoms with Crippen molar-refractivity contribution in [2.24, 2.45) is 5.73 Å². The Bertz CT molecular complexity index is 368. The molecule has 0 spiro atoms. The van der Waals surface area contributed by atoms with Gasteiger partial charge in [0.1, 0.15) is 0 Å². The molecule has 2 N–H and O–H groups in total. The molecule has 15 heavy (non-hydrogen) atoms. The van der Waals surface area contributed by atoms with E-state index in [2.05, 4.69) is 0 Å². The molecule has 0 saturated carbocycles. The zero-order valence-electron chi connectivity index (χ0n) is 8.34. The molecule has 0 saturated heterocycles. The van der Waals surface area contributed by atoms with Crippen molar-refractivity contribution in [3.63, 3.8) is 0 Å². The maximum Gasteiger partial charge on any atom is 0.319 e. The molecule has 0 bridgehead atoms. The summed E-state index contributed by atoms with van der Waals surface area (Å²) in [6.45, 7) is 2.53. The molecule has 1 aromatic rings. The number of urea groups is 1. The number of carbonyl (C=O) groups is 1. The van der Waals surface area contributed by atoms with Gasteiger partial charge < -0.3 is 5.73 Å². The minimum atomic E-state index is -0.491. The Morgan fingerprint density at radius 1 is 1.40 bits per heavy atom. The van der Waals surface area contributed by atoms with E-state index in [-0.39, 0.29) is 0 Å². The van der Waals surface area contributed by atoms with E-state index in [0.29, 0.717) is 22.3 Å². The van der Waals surface area contributed by atoms with Crippen molar-refractivity contribution in [1.29, 1.82) is 0 Å². The van der Waals surface area contributed by atoms with Crippen LogP contribution in [-0.2, 0) is 0 Å². The molecule has 0 heterocycles. The van der Waals surface area contributed by atoms with Gasteiger partial charge >= 0.3 is 6.03 Å². The van der Waals surface area contributed by atoms with E-state index in [9.17, 15) is 4.79 Å². The van der Waals surface area contributed by atoms with Gasteiger partial charge in [0.25, 0.3) is 0 Å². The molecule has 0 aliphatic rings. The first-order valence-electron chi connectivity index (χ1n) is 4.58. The quantitative estimate of drug-likeness (QED) is 0.875. The van der Waals surface area contributed by atoms with Crippen LogP contribution in [0.3, 0.4) is 0 Å². The average molecular weight is 247 g/mol. The van der Waals surface area contributed by atoms with Crippen molar-refractivity contribution in [3.05, 3.63) is 28.2 Å². The van der Waals surface area contributed by atoms with Crippen LogP contribution >= 0.6 is 23.2 Å². The number of anilines is 1. The van der Waals surface area contributed by atoms with E-state index in [1.54, 1.807) is 18.2 Å². The second-order valence-electron chi connectivity index (χ2n) is 3.09. The van der Waals surface area contributed by atoms with Crippen LogP contribution in [-0.4, -0.2) is 12.6 Å². The lowest BCUT2D eigenvalue weighted by Crippen LogP contribution is -2.36. The Morgan fingerprint density at radius 2 is 2.07 bits per heavy atom. The number of primary amides is 1. The lowest BCUT2D eigenvalue weighted by Gasteiger charge is -2.19. The fourth-order valence-corrected chi connectivity index (χ4v) is 1.54. The van der Waals surface area contributed by atoms with Gasteiger partial charge in [-0.15, -0.1) is 0 Å². The lowest BCUT2D eigenvalue weighted by molar-refractivity contribution is 0.254. The fourth-order valence-electron chi connectivity index (χ4n) is 1.24. The predicted molar refractivity (Wildman–Crippen MR) is 63.7 cm³/mol. The van der Waals surface area contributed by atoms with Crippen LogP contribution in [0.25, 0.3) is 0 Å². The number of nitrogens with zero attached hydrogens (tertiary/aromatic N) is 1. The van der Waals surface area contributed by atoms with Crippen molar-refractivity contribution >= 4 is 34.9 Å². The second-order valence-corrected chi connectivity index (χ2v) is 3.90. The molecule has 82 valence electrons. The third-order valence-corrected chi connectivity index (χ3v) is 2.67. The van der Waals surface area contributed by atoms with Crippen LogP contribution in [0, 0.1) is 0 Å². The highest BCUT2D eigenvalue weighted by molar-refractivity contribution is 6.42. The Kier molecular flexibility index (Phi) is 4.24. The molecule has 1 aromatic carbocycles. The molecule has 3 nitrogen and oxygen atoms in total. The van der Waals surface area contributed by atoms with Gasteiger partial charge in [-0.25, -0.2) is 4.79 Å². The first-order valence-corrected chi connectivity index (χ1v) is 5.34. The van der Waals surface area contributed by atoms with E-state index in [1.165, 1.54) is 4.90 Å². The molecule has 5 heteroatoms. The number of carbonyl (C=O) groups excluding carboxylic acids is 1. The highest BCUT2D eigenvalue weighted by Gasteiger charge is 2.12. The summed E-state index contributed by atoms with van der Waals surface area (Å²) >= 11 is 11.6. The molecule has 0 aliphatic heterocycles. The second kappa shape index (κ2) is 5.24. The van der Waals surface area contributed by atoms with Crippen LogP contribution in [0.2, 0.25) is 10.0 Å². The topological polar surface area (TPSA) is 46.3 Å². The number of nitrogens with two attached hydrogens (primary N) is 1. The number of hydrogen-bond acceptors (Lipinski definition) is 1. The van der Waals surface area contributed by atoms with Crippen molar-refractivity contribution in [2.45, 2.75) is 13.3 Å². The summed E-state index contributed by atoms with van der Waals surface area (Å²) < 4.78 is 0. The number of rotatable bonds is 3. The zero-order chi connectivity index (χ0) is 11.4. The first kappa shape index (κ1) is 12.1. The number of amides is 2. The Morgan fingerprint density at radius 3 is 2.53 bits per heavy atom. The molecule has 0 atom stereocenters. The average Bonchev–Trinajstić information content (AvgIpc) is 2.18. The van der Waals surface area contributed by atoms with Gasteiger partial charge in [-0.3, -0.25) is 4.90 Å². The van der Waals surface area contributed by atoms with E-state index >= 15 is 0 Å². The van der Waals surface area contributed by atoms with Crippen LogP contribution in [0.15, 0.2) is 18.2 Å². The van der Waals surface area contributed by atoms with Gasteiger partial charge in [-0.05, 0) is 24.6 Å². The zero-order valence-corrected chi connectivity index (χ0v) is 9.85. The Hall–Kier alpha value is -0.930. The van der Waals surface area contributed by atoms with Gasteiger partial charge in [0.15, 0.2) is 0 Å². The molecule has 0 radical (unpaired) electrons. The molecular formula is C10H12Cl2N2O. The Balaban J connectivity index is 3.01. The highest BCUT2D eigenvalue weighted by Crippen LogP contribution is 2.27. The third-order valence-electron chi connectivity index (χ3n) is 1.93. The van der Waals surface area contributed by atoms with Crippen LogP contribution in [0.5, 0.6) is 0 Å². The monoisotopic (exact) mass is 246 g/mol. The summed E-state index contributed by atoms with van der Waals surface area (Å²) in [4.78, 5) is 12.6. The smallest absolute Gasteiger partial charge is 0.319 e. The standard InChI is InChI=1S/C10H12Cl2N2O/c1-2-5-14(10(13)15)7-3-4-8(11)9(12)6-7/h3-4,6H,2,5H2,1H3,(H2,13,15). The van der Waals surface area contributed by atoms with Crippen molar-refractivity contribution in [2.75, 3.05) is 11.4 Å². The van der Waals surface area contributed by atoms with Crippen LogP contribution in [0.1, 0.15) is 13.3 Å². The van der Waals surface area contributed by atoms with Crippen molar-refractivity contribution in [1.82, 2.24) is 0 Å². The summed E-state index contributed by atoms with van der Waals surface area (Å²) in [7, 11) is 0. The number of hydrogen-bond donors (Lipinski definition) is 1. The number of halogens is 2. The third kappa shape index (κ3) is 3.01. The lowest BCUT2D eigenvalue weighted by atomic mass is 10.3. The minimum Gasteiger partial charge on any atom is -0.351 e. The largest absolute Gasteiger partial charge is 0.351 e. The van der Waals surface area contributed by atoms with Gasteiger partial charge in [0.05, 0.1) is 10.0 Å². The van der Waals surface area contributed by atoms with Crippen molar-refractivity contribution in [3.8, 4) is 0 Å². The van der Waals surface area contributed by atoms with E-state index in [0.717, 1.165) is 6.42 Å². The fraction of sp³-hybridized carbons (Fsp3) is 0.300. The molecular weight excluding hydrogens is 235 g/mol. The Labute approximate surface area is 98.8 Å². The summed E-state index contributed by atoms with van der Waals surface area (Å²) in [5, 5.41) is 0.873. The van der Waals surface area contributed by atoms with Crippen LogP contribution in [0.4, 0.5) is 10.5 Å². The van der Waals surface area contributed by atoms with Crippen molar-refractivity contribution < 1.29 is 4.79 Å². The van der Waals surface area contributed by atoms with E-state index in [4.69, 9.17) is 28.9 Å². The maximum absolute atomic E-state index is 11.2. The summed E-state index contributed by atoms with van der Waals surface area (Å²) in [5.41, 5.74) is 5.92. The first-order chi connectivity index (χ1) is 7.06. The summed E-state index contributed by atoms with van der Waals surface area (Å²) in [6.07, 6.45) is 0.823. The summed E-state index contributed by atoms with van der Waals surface area (Å²) in [6, 6.07) is 4.50. The highest BCUT2D eigenvalue weighted by atomic mass is 35.5.